The van der Waals surface area contributed by atoms with E-state index in [-0.39, 0.29) is 24.3 Å². The Labute approximate surface area is 211 Å². The smallest absolute Gasteiger partial charge is 0.258 e. The van der Waals surface area contributed by atoms with E-state index in [1.165, 1.54) is 0 Å². The van der Waals surface area contributed by atoms with Crippen LogP contribution in [0.2, 0.25) is 0 Å². The summed E-state index contributed by atoms with van der Waals surface area (Å²) >= 11 is 0. The molecule has 3 aromatic rings. The predicted molar refractivity (Wildman–Crippen MR) is 143 cm³/mol. The fraction of sp³-hybridized carbons (Fsp3) is 0.250. The number of amides is 3. The van der Waals surface area contributed by atoms with Gasteiger partial charge in [-0.25, -0.2) is 0 Å². The number of carbonyl (C=O) groups excluding carboxylic acids is 3. The van der Waals surface area contributed by atoms with Crippen molar-refractivity contribution >= 4 is 34.8 Å². The second-order valence-electron chi connectivity index (χ2n) is 8.05. The molecule has 0 heterocycles. The van der Waals surface area contributed by atoms with Crippen molar-refractivity contribution < 1.29 is 19.1 Å². The number of nitrogens with one attached hydrogen (secondary N) is 3. The fourth-order valence-corrected chi connectivity index (χ4v) is 3.58. The lowest BCUT2D eigenvalue weighted by atomic mass is 10.1. The van der Waals surface area contributed by atoms with Crippen molar-refractivity contribution in [2.24, 2.45) is 0 Å². The number of ether oxygens (including phenoxy) is 1. The molecule has 36 heavy (non-hydrogen) atoms. The molecule has 0 aromatic heterocycles. The minimum absolute atomic E-state index is 0.0250. The number of anilines is 3. The summed E-state index contributed by atoms with van der Waals surface area (Å²) in [5.41, 5.74) is 3.13. The van der Waals surface area contributed by atoms with Gasteiger partial charge < -0.3 is 25.6 Å². The maximum atomic E-state index is 12.9. The molecule has 3 aromatic carbocycles. The van der Waals surface area contributed by atoms with Crippen LogP contribution in [0.3, 0.4) is 0 Å². The van der Waals surface area contributed by atoms with Crippen LogP contribution in [0.5, 0.6) is 0 Å². The highest BCUT2D eigenvalue weighted by Crippen LogP contribution is 2.18. The molecule has 0 fully saturated rings. The summed E-state index contributed by atoms with van der Waals surface area (Å²) in [4.78, 5) is 39.3. The third-order valence-corrected chi connectivity index (χ3v) is 5.43. The maximum Gasteiger partial charge on any atom is 0.258 e. The Morgan fingerprint density at radius 3 is 2.31 bits per heavy atom. The number of carbonyl (C=O) groups is 3. The predicted octanol–water partition coefficient (Wildman–Crippen LogP) is 4.17. The number of rotatable bonds is 12. The van der Waals surface area contributed by atoms with Gasteiger partial charge in [0.1, 0.15) is 0 Å². The summed E-state index contributed by atoms with van der Waals surface area (Å²) in [6.07, 6.45) is 0.735. The van der Waals surface area contributed by atoms with Gasteiger partial charge in [-0.15, -0.1) is 0 Å². The Bertz CT molecular complexity index is 1150. The first-order valence-corrected chi connectivity index (χ1v) is 11.9. The monoisotopic (exact) mass is 488 g/mol. The van der Waals surface area contributed by atoms with Crippen molar-refractivity contribution in [3.63, 3.8) is 0 Å². The summed E-state index contributed by atoms with van der Waals surface area (Å²) in [6.45, 7) is 3.61. The highest BCUT2D eigenvalue weighted by Gasteiger charge is 2.16. The SMILES string of the molecule is CCN(C(=O)c1ccc(NC(=O)CNc2cccc(C(=O)NCCCOC)c2)cc1)c1ccccc1. The lowest BCUT2D eigenvalue weighted by molar-refractivity contribution is -0.114. The number of para-hydroxylation sites is 1. The minimum atomic E-state index is -0.247. The van der Waals surface area contributed by atoms with Crippen LogP contribution in [0, 0.1) is 0 Å². The van der Waals surface area contributed by atoms with Gasteiger partial charge in [0.25, 0.3) is 11.8 Å². The molecule has 188 valence electrons. The van der Waals surface area contributed by atoms with Crippen molar-refractivity contribution in [3.05, 3.63) is 90.0 Å². The molecule has 0 aliphatic heterocycles. The van der Waals surface area contributed by atoms with E-state index in [1.807, 2.05) is 37.3 Å². The Hall–Kier alpha value is -4.17. The zero-order valence-electron chi connectivity index (χ0n) is 20.6. The van der Waals surface area contributed by atoms with E-state index in [1.54, 1.807) is 60.5 Å². The van der Waals surface area contributed by atoms with Crippen molar-refractivity contribution in [1.29, 1.82) is 0 Å². The molecule has 0 unspecified atom stereocenters. The molecule has 0 radical (unpaired) electrons. The topological polar surface area (TPSA) is 99.8 Å². The quantitative estimate of drug-likeness (QED) is 0.332. The van der Waals surface area contributed by atoms with E-state index < -0.39 is 0 Å². The zero-order valence-corrected chi connectivity index (χ0v) is 20.6. The van der Waals surface area contributed by atoms with Gasteiger partial charge >= 0.3 is 0 Å². The maximum absolute atomic E-state index is 12.9. The van der Waals surface area contributed by atoms with Crippen LogP contribution < -0.4 is 20.9 Å². The van der Waals surface area contributed by atoms with E-state index in [2.05, 4.69) is 16.0 Å². The minimum Gasteiger partial charge on any atom is -0.385 e. The molecule has 3 N–H and O–H groups in total. The van der Waals surface area contributed by atoms with Gasteiger partial charge in [-0.3, -0.25) is 14.4 Å². The van der Waals surface area contributed by atoms with Gasteiger partial charge in [-0.05, 0) is 67.9 Å². The van der Waals surface area contributed by atoms with E-state index in [4.69, 9.17) is 4.74 Å². The molecule has 0 aliphatic carbocycles. The molecule has 0 aliphatic rings. The van der Waals surface area contributed by atoms with E-state index in [0.717, 1.165) is 12.1 Å². The van der Waals surface area contributed by atoms with Crippen LogP contribution in [0.1, 0.15) is 34.1 Å². The Morgan fingerprint density at radius 1 is 0.861 bits per heavy atom. The van der Waals surface area contributed by atoms with Crippen LogP contribution >= 0.6 is 0 Å². The molecule has 0 atom stereocenters. The van der Waals surface area contributed by atoms with Gasteiger partial charge in [0.2, 0.25) is 5.91 Å². The molecule has 0 saturated heterocycles. The second kappa shape index (κ2) is 13.7. The van der Waals surface area contributed by atoms with Crippen molar-refractivity contribution in [1.82, 2.24) is 5.32 Å². The summed E-state index contributed by atoms with van der Waals surface area (Å²) in [5.74, 6) is -0.531. The first kappa shape index (κ1) is 26.4. The second-order valence-corrected chi connectivity index (χ2v) is 8.05. The highest BCUT2D eigenvalue weighted by molar-refractivity contribution is 6.06. The molecule has 0 spiro atoms. The summed E-state index contributed by atoms with van der Waals surface area (Å²) < 4.78 is 4.98. The van der Waals surface area contributed by atoms with Gasteiger partial charge in [-0.1, -0.05) is 24.3 Å². The molecular formula is C28H32N4O4. The lowest BCUT2D eigenvalue weighted by Gasteiger charge is -2.21. The van der Waals surface area contributed by atoms with Crippen molar-refractivity contribution in [2.75, 3.05) is 48.9 Å². The normalized spacial score (nSPS) is 10.4. The van der Waals surface area contributed by atoms with Crippen molar-refractivity contribution in [2.45, 2.75) is 13.3 Å². The van der Waals surface area contributed by atoms with Gasteiger partial charge in [0.15, 0.2) is 0 Å². The molecule has 0 bridgehead atoms. The molecule has 3 amide bonds. The largest absolute Gasteiger partial charge is 0.385 e. The van der Waals surface area contributed by atoms with Gasteiger partial charge in [-0.2, -0.15) is 0 Å². The standard InChI is InChI=1S/C28H32N4O4/c1-3-32(25-11-5-4-6-12-25)28(35)21-13-15-23(16-14-21)31-26(33)20-30-24-10-7-9-22(19-24)27(34)29-17-8-18-36-2/h4-7,9-16,19,30H,3,8,17-18,20H2,1-2H3,(H,29,34)(H,31,33). The Kier molecular flexibility index (Phi) is 10.0. The first-order chi connectivity index (χ1) is 17.5. The molecule has 8 nitrogen and oxygen atoms in total. The number of benzene rings is 3. The summed E-state index contributed by atoms with van der Waals surface area (Å²) in [5, 5.41) is 8.68. The number of nitrogens with zero attached hydrogens (tertiary/aromatic N) is 1. The zero-order chi connectivity index (χ0) is 25.8. The number of hydrogen-bond donors (Lipinski definition) is 3. The van der Waals surface area contributed by atoms with Crippen LogP contribution in [-0.4, -0.2) is 51.1 Å². The Balaban J connectivity index is 1.51. The van der Waals surface area contributed by atoms with Crippen LogP contribution in [0.25, 0.3) is 0 Å². The Morgan fingerprint density at radius 2 is 1.61 bits per heavy atom. The summed E-state index contributed by atoms with van der Waals surface area (Å²) in [7, 11) is 1.62. The van der Waals surface area contributed by atoms with Gasteiger partial charge in [0, 0.05) is 55.0 Å². The molecule has 3 rings (SSSR count). The average molecular weight is 489 g/mol. The van der Waals surface area contributed by atoms with Crippen LogP contribution in [-0.2, 0) is 9.53 Å². The summed E-state index contributed by atoms with van der Waals surface area (Å²) in [6, 6.07) is 23.3. The number of hydrogen-bond acceptors (Lipinski definition) is 5. The fourth-order valence-electron chi connectivity index (χ4n) is 3.58. The third-order valence-electron chi connectivity index (χ3n) is 5.43. The first-order valence-electron chi connectivity index (χ1n) is 11.9. The molecular weight excluding hydrogens is 456 g/mol. The van der Waals surface area contributed by atoms with E-state index in [0.29, 0.717) is 42.2 Å². The van der Waals surface area contributed by atoms with E-state index in [9.17, 15) is 14.4 Å². The highest BCUT2D eigenvalue weighted by atomic mass is 16.5. The van der Waals surface area contributed by atoms with E-state index >= 15 is 0 Å². The van der Waals surface area contributed by atoms with Gasteiger partial charge in [0.05, 0.1) is 6.54 Å². The number of methoxy groups -OCH3 is 1. The lowest BCUT2D eigenvalue weighted by Crippen LogP contribution is -2.30. The third kappa shape index (κ3) is 7.68. The van der Waals surface area contributed by atoms with Crippen LogP contribution in [0.4, 0.5) is 17.1 Å². The molecule has 8 heteroatoms. The van der Waals surface area contributed by atoms with Crippen molar-refractivity contribution in [3.8, 4) is 0 Å². The molecule has 0 saturated carbocycles. The van der Waals surface area contributed by atoms with Crippen LogP contribution in [0.15, 0.2) is 78.9 Å². The average Bonchev–Trinajstić information content (AvgIpc) is 2.91.